The first-order valence-corrected chi connectivity index (χ1v) is 11.7. The number of benzene rings is 2. The SMILES string of the molecule is CCNC(=NCC(c1ccc(OC)cc1)N(C)C)NC1CCN(Cc2ccccc2)CC1.I. The summed E-state index contributed by atoms with van der Waals surface area (Å²) in [7, 11) is 5.91. The van der Waals surface area contributed by atoms with Gasteiger partial charge in [0.2, 0.25) is 0 Å². The number of nitrogens with zero attached hydrogens (tertiary/aromatic N) is 3. The molecule has 2 aromatic carbocycles. The number of nitrogens with one attached hydrogen (secondary N) is 2. The second kappa shape index (κ2) is 14.4. The summed E-state index contributed by atoms with van der Waals surface area (Å²) in [6.45, 7) is 6.92. The molecule has 0 radical (unpaired) electrons. The molecular weight excluding hydrogens is 525 g/mol. The maximum absolute atomic E-state index is 5.30. The van der Waals surface area contributed by atoms with E-state index in [1.54, 1.807) is 7.11 Å². The molecule has 0 aliphatic carbocycles. The molecule has 1 fully saturated rings. The van der Waals surface area contributed by atoms with Gasteiger partial charge in [-0.3, -0.25) is 9.89 Å². The van der Waals surface area contributed by atoms with E-state index >= 15 is 0 Å². The number of ether oxygens (including phenoxy) is 1. The lowest BCUT2D eigenvalue weighted by Gasteiger charge is -2.33. The Morgan fingerprint density at radius 3 is 2.33 bits per heavy atom. The summed E-state index contributed by atoms with van der Waals surface area (Å²) in [4.78, 5) is 9.71. The minimum atomic E-state index is 0. The molecule has 0 saturated carbocycles. The van der Waals surface area contributed by atoms with Gasteiger partial charge < -0.3 is 20.3 Å². The van der Waals surface area contributed by atoms with Crippen LogP contribution in [0.2, 0.25) is 0 Å². The fraction of sp³-hybridized carbons (Fsp3) is 0.500. The molecule has 7 heteroatoms. The number of guanidine groups is 1. The van der Waals surface area contributed by atoms with E-state index in [4.69, 9.17) is 9.73 Å². The summed E-state index contributed by atoms with van der Waals surface area (Å²) >= 11 is 0. The molecule has 1 aliphatic heterocycles. The topological polar surface area (TPSA) is 52.1 Å². The Labute approximate surface area is 216 Å². The lowest BCUT2D eigenvalue weighted by Crippen LogP contribution is -2.48. The molecule has 3 rings (SSSR count). The smallest absolute Gasteiger partial charge is 0.191 e. The van der Waals surface area contributed by atoms with Crippen molar-refractivity contribution in [2.45, 2.75) is 38.4 Å². The molecule has 6 nitrogen and oxygen atoms in total. The van der Waals surface area contributed by atoms with Crippen LogP contribution in [0.25, 0.3) is 0 Å². The van der Waals surface area contributed by atoms with Crippen molar-refractivity contribution in [3.8, 4) is 5.75 Å². The zero-order valence-corrected chi connectivity index (χ0v) is 22.8. The lowest BCUT2D eigenvalue weighted by atomic mass is 10.0. The predicted molar refractivity (Wildman–Crippen MR) is 149 cm³/mol. The van der Waals surface area contributed by atoms with Crippen LogP contribution in [0, 0.1) is 0 Å². The number of rotatable bonds is 9. The molecule has 2 aromatic rings. The van der Waals surface area contributed by atoms with Crippen LogP contribution in [0.1, 0.15) is 36.9 Å². The van der Waals surface area contributed by atoms with Crippen molar-refractivity contribution in [3.63, 3.8) is 0 Å². The van der Waals surface area contributed by atoms with Crippen molar-refractivity contribution < 1.29 is 4.74 Å². The highest BCUT2D eigenvalue weighted by molar-refractivity contribution is 14.0. The van der Waals surface area contributed by atoms with Gasteiger partial charge in [-0.1, -0.05) is 42.5 Å². The normalized spacial score (nSPS) is 16.2. The quantitative estimate of drug-likeness (QED) is 0.272. The Morgan fingerprint density at radius 2 is 1.76 bits per heavy atom. The van der Waals surface area contributed by atoms with E-state index in [1.807, 2.05) is 12.1 Å². The Morgan fingerprint density at radius 1 is 1.09 bits per heavy atom. The Kier molecular flexibility index (Phi) is 12.0. The third kappa shape index (κ3) is 8.79. The van der Waals surface area contributed by atoms with E-state index in [1.165, 1.54) is 11.1 Å². The van der Waals surface area contributed by atoms with Crippen molar-refractivity contribution in [1.82, 2.24) is 20.4 Å². The van der Waals surface area contributed by atoms with Gasteiger partial charge in [0.25, 0.3) is 0 Å². The van der Waals surface area contributed by atoms with Crippen LogP contribution >= 0.6 is 24.0 Å². The summed E-state index contributed by atoms with van der Waals surface area (Å²) in [6.07, 6.45) is 2.26. The first kappa shape index (κ1) is 27.4. The van der Waals surface area contributed by atoms with Crippen LogP contribution in [0.4, 0.5) is 0 Å². The van der Waals surface area contributed by atoms with Gasteiger partial charge >= 0.3 is 0 Å². The summed E-state index contributed by atoms with van der Waals surface area (Å²) in [5, 5.41) is 7.11. The van der Waals surface area contributed by atoms with E-state index in [-0.39, 0.29) is 30.0 Å². The fourth-order valence-corrected chi connectivity index (χ4v) is 4.16. The fourth-order valence-electron chi connectivity index (χ4n) is 4.16. The number of piperidine rings is 1. The lowest BCUT2D eigenvalue weighted by molar-refractivity contribution is 0.198. The van der Waals surface area contributed by atoms with Gasteiger partial charge in [-0.05, 0) is 57.1 Å². The van der Waals surface area contributed by atoms with Crippen molar-refractivity contribution in [1.29, 1.82) is 0 Å². The molecule has 182 valence electrons. The number of halogens is 1. The third-order valence-electron chi connectivity index (χ3n) is 6.07. The second-order valence-corrected chi connectivity index (χ2v) is 8.65. The first-order chi connectivity index (χ1) is 15.6. The van der Waals surface area contributed by atoms with E-state index in [2.05, 4.69) is 83.9 Å². The largest absolute Gasteiger partial charge is 0.497 e. The molecule has 1 aliphatic rings. The highest BCUT2D eigenvalue weighted by Crippen LogP contribution is 2.22. The van der Waals surface area contributed by atoms with Crippen LogP contribution < -0.4 is 15.4 Å². The molecule has 1 heterocycles. The number of hydrogen-bond donors (Lipinski definition) is 2. The van der Waals surface area contributed by atoms with Gasteiger partial charge in [-0.2, -0.15) is 0 Å². The summed E-state index contributed by atoms with van der Waals surface area (Å²) in [5.74, 6) is 1.79. The summed E-state index contributed by atoms with van der Waals surface area (Å²) in [5.41, 5.74) is 2.63. The van der Waals surface area contributed by atoms with Gasteiger partial charge in [0.15, 0.2) is 5.96 Å². The Hall–Kier alpha value is -1.84. The first-order valence-electron chi connectivity index (χ1n) is 11.7. The zero-order valence-electron chi connectivity index (χ0n) is 20.5. The van der Waals surface area contributed by atoms with E-state index in [0.29, 0.717) is 12.6 Å². The molecule has 1 saturated heterocycles. The second-order valence-electron chi connectivity index (χ2n) is 8.65. The van der Waals surface area contributed by atoms with Crippen LogP contribution in [-0.4, -0.2) is 69.2 Å². The Bertz CT molecular complexity index is 820. The molecule has 1 unspecified atom stereocenters. The minimum absolute atomic E-state index is 0. The highest BCUT2D eigenvalue weighted by atomic mass is 127. The molecule has 0 aromatic heterocycles. The molecule has 0 amide bonds. The highest BCUT2D eigenvalue weighted by Gasteiger charge is 2.20. The monoisotopic (exact) mass is 565 g/mol. The van der Waals surface area contributed by atoms with Crippen molar-refractivity contribution in [2.24, 2.45) is 4.99 Å². The zero-order chi connectivity index (χ0) is 22.8. The molecule has 0 spiro atoms. The van der Waals surface area contributed by atoms with Crippen LogP contribution in [0.5, 0.6) is 5.75 Å². The predicted octanol–water partition coefficient (Wildman–Crippen LogP) is 4.14. The minimum Gasteiger partial charge on any atom is -0.497 e. The number of aliphatic imine (C=N–C) groups is 1. The van der Waals surface area contributed by atoms with Gasteiger partial charge in [0.05, 0.1) is 19.7 Å². The Balaban J connectivity index is 0.00000385. The van der Waals surface area contributed by atoms with E-state index in [9.17, 15) is 0 Å². The van der Waals surface area contributed by atoms with Crippen molar-refractivity contribution >= 4 is 29.9 Å². The van der Waals surface area contributed by atoms with Crippen LogP contribution in [0.15, 0.2) is 59.6 Å². The van der Waals surface area contributed by atoms with Crippen molar-refractivity contribution in [3.05, 3.63) is 65.7 Å². The molecule has 33 heavy (non-hydrogen) atoms. The van der Waals surface area contributed by atoms with Crippen LogP contribution in [-0.2, 0) is 6.54 Å². The molecular formula is C26H40IN5O. The summed E-state index contributed by atoms with van der Waals surface area (Å²) < 4.78 is 5.30. The molecule has 0 bridgehead atoms. The summed E-state index contributed by atoms with van der Waals surface area (Å²) in [6, 6.07) is 19.7. The van der Waals surface area contributed by atoms with Gasteiger partial charge in [-0.15, -0.1) is 24.0 Å². The average molecular weight is 566 g/mol. The van der Waals surface area contributed by atoms with E-state index in [0.717, 1.165) is 50.7 Å². The number of methoxy groups -OCH3 is 1. The van der Waals surface area contributed by atoms with Crippen molar-refractivity contribution in [2.75, 3.05) is 47.4 Å². The third-order valence-corrected chi connectivity index (χ3v) is 6.07. The van der Waals surface area contributed by atoms with E-state index < -0.39 is 0 Å². The molecule has 1 atom stereocenters. The maximum atomic E-state index is 5.30. The number of likely N-dealkylation sites (tertiary alicyclic amines) is 1. The maximum Gasteiger partial charge on any atom is 0.191 e. The van der Waals surface area contributed by atoms with Gasteiger partial charge in [0, 0.05) is 32.2 Å². The van der Waals surface area contributed by atoms with Gasteiger partial charge in [-0.25, -0.2) is 0 Å². The average Bonchev–Trinajstić information content (AvgIpc) is 2.81. The number of likely N-dealkylation sites (N-methyl/N-ethyl adjacent to an activating group) is 1. The molecule has 2 N–H and O–H groups in total. The van der Waals surface area contributed by atoms with Gasteiger partial charge in [0.1, 0.15) is 5.75 Å². The standard InChI is InChI=1S/C26H39N5O.HI/c1-5-27-26(28-19-25(30(2)3)22-11-13-24(32-4)14-12-22)29-23-15-17-31(18-16-23)20-21-9-7-6-8-10-21;/h6-14,23,25H,5,15-20H2,1-4H3,(H2,27,28,29);1H. The van der Waals surface area contributed by atoms with Crippen LogP contribution in [0.3, 0.4) is 0 Å². The number of hydrogen-bond acceptors (Lipinski definition) is 4.